The average Bonchev–Trinajstić information content (AvgIpc) is 3.24. The summed E-state index contributed by atoms with van der Waals surface area (Å²) in [5, 5.41) is 14.8. The Kier molecular flexibility index (Phi) is 5.25. The van der Waals surface area contributed by atoms with E-state index in [0.29, 0.717) is 12.6 Å². The van der Waals surface area contributed by atoms with E-state index < -0.39 is 0 Å². The molecule has 2 N–H and O–H groups in total. The van der Waals surface area contributed by atoms with Crippen molar-refractivity contribution in [3.05, 3.63) is 35.8 Å². The fourth-order valence-corrected chi connectivity index (χ4v) is 3.16. The second-order valence-electron chi connectivity index (χ2n) is 5.70. The highest BCUT2D eigenvalue weighted by molar-refractivity contribution is 7.13. The van der Waals surface area contributed by atoms with Crippen molar-refractivity contribution in [3.8, 4) is 10.6 Å². The molecular weight excluding hydrogens is 310 g/mol. The summed E-state index contributed by atoms with van der Waals surface area (Å²) in [6, 6.07) is 8.08. The molecular formula is C17H21N3O2S. The van der Waals surface area contributed by atoms with Crippen molar-refractivity contribution in [2.24, 2.45) is 0 Å². The molecule has 1 aromatic heterocycles. The van der Waals surface area contributed by atoms with E-state index >= 15 is 0 Å². The van der Waals surface area contributed by atoms with E-state index in [2.05, 4.69) is 10.3 Å². The smallest absolute Gasteiger partial charge is 0.322 e. The Morgan fingerprint density at radius 2 is 2.26 bits per heavy atom. The van der Waals surface area contributed by atoms with Crippen molar-refractivity contribution < 1.29 is 9.90 Å². The number of hydrogen-bond acceptors (Lipinski definition) is 4. The topological polar surface area (TPSA) is 65.5 Å². The number of aliphatic hydroxyl groups excluding tert-OH is 1. The molecule has 6 heteroatoms. The van der Waals surface area contributed by atoms with Gasteiger partial charge in [-0.1, -0.05) is 12.1 Å². The number of nitrogens with one attached hydrogen (secondary N) is 1. The Labute approximate surface area is 140 Å². The minimum absolute atomic E-state index is 0.0540. The molecule has 0 saturated heterocycles. The molecule has 1 saturated carbocycles. The summed E-state index contributed by atoms with van der Waals surface area (Å²) in [5.74, 6) is 0. The van der Waals surface area contributed by atoms with Gasteiger partial charge in [0.1, 0.15) is 5.01 Å². The van der Waals surface area contributed by atoms with Crippen molar-refractivity contribution in [1.82, 2.24) is 9.88 Å². The molecule has 5 nitrogen and oxygen atoms in total. The van der Waals surface area contributed by atoms with Gasteiger partial charge in [0, 0.05) is 42.0 Å². The molecule has 0 unspecified atom stereocenters. The van der Waals surface area contributed by atoms with Crippen molar-refractivity contribution in [1.29, 1.82) is 0 Å². The number of nitrogens with zero attached hydrogens (tertiary/aromatic N) is 2. The van der Waals surface area contributed by atoms with Gasteiger partial charge < -0.3 is 15.3 Å². The highest BCUT2D eigenvalue weighted by Crippen LogP contribution is 2.29. The van der Waals surface area contributed by atoms with Crippen LogP contribution in [0.5, 0.6) is 0 Å². The fourth-order valence-electron chi connectivity index (χ4n) is 2.52. The van der Waals surface area contributed by atoms with Gasteiger partial charge in [-0.3, -0.25) is 0 Å². The zero-order valence-corrected chi connectivity index (χ0v) is 13.8. The molecule has 1 aliphatic rings. The fraction of sp³-hybridized carbons (Fsp3) is 0.412. The molecule has 0 aliphatic heterocycles. The summed E-state index contributed by atoms with van der Waals surface area (Å²) in [6.07, 6.45) is 5.49. The third kappa shape index (κ3) is 4.30. The number of aliphatic hydroxyl groups is 1. The van der Waals surface area contributed by atoms with E-state index in [9.17, 15) is 4.79 Å². The van der Waals surface area contributed by atoms with E-state index in [1.165, 1.54) is 0 Å². The SMILES string of the molecule is O=C(Nc1cccc(-c2nccs2)c1)N(CCCCO)C1CC1. The van der Waals surface area contributed by atoms with Crippen molar-refractivity contribution in [2.45, 2.75) is 31.7 Å². The molecule has 0 spiro atoms. The van der Waals surface area contributed by atoms with Gasteiger partial charge in [-0.15, -0.1) is 11.3 Å². The highest BCUT2D eigenvalue weighted by atomic mass is 32.1. The number of anilines is 1. The maximum Gasteiger partial charge on any atom is 0.322 e. The lowest BCUT2D eigenvalue weighted by Crippen LogP contribution is -2.37. The number of aromatic nitrogens is 1. The summed E-state index contributed by atoms with van der Waals surface area (Å²) < 4.78 is 0. The molecule has 1 aliphatic carbocycles. The molecule has 2 amide bonds. The Morgan fingerprint density at radius 3 is 2.96 bits per heavy atom. The van der Waals surface area contributed by atoms with Gasteiger partial charge in [-0.05, 0) is 37.8 Å². The number of benzene rings is 1. The van der Waals surface area contributed by atoms with Crippen LogP contribution in [0.25, 0.3) is 10.6 Å². The van der Waals surface area contributed by atoms with E-state index in [1.807, 2.05) is 34.5 Å². The maximum atomic E-state index is 12.5. The molecule has 3 rings (SSSR count). The quantitative estimate of drug-likeness (QED) is 0.762. The molecule has 0 atom stereocenters. The van der Waals surface area contributed by atoms with Crippen LogP contribution in [-0.4, -0.2) is 40.2 Å². The second kappa shape index (κ2) is 7.57. The van der Waals surface area contributed by atoms with Gasteiger partial charge in [0.25, 0.3) is 0 Å². The predicted octanol–water partition coefficient (Wildman–Crippen LogP) is 3.58. The summed E-state index contributed by atoms with van der Waals surface area (Å²) >= 11 is 1.58. The number of hydrogen-bond donors (Lipinski definition) is 2. The number of unbranched alkanes of at least 4 members (excludes halogenated alkanes) is 1. The highest BCUT2D eigenvalue weighted by Gasteiger charge is 2.32. The van der Waals surface area contributed by atoms with Crippen LogP contribution in [0, 0.1) is 0 Å². The van der Waals surface area contributed by atoms with E-state index in [-0.39, 0.29) is 12.6 Å². The van der Waals surface area contributed by atoms with Gasteiger partial charge in [-0.25, -0.2) is 9.78 Å². The molecule has 122 valence electrons. The van der Waals surface area contributed by atoms with Crippen LogP contribution < -0.4 is 5.32 Å². The third-order valence-corrected chi connectivity index (χ3v) is 4.67. The largest absolute Gasteiger partial charge is 0.396 e. The zero-order chi connectivity index (χ0) is 16.1. The van der Waals surface area contributed by atoms with Crippen LogP contribution in [-0.2, 0) is 0 Å². The van der Waals surface area contributed by atoms with E-state index in [1.54, 1.807) is 17.5 Å². The number of rotatable bonds is 7. The van der Waals surface area contributed by atoms with Crippen molar-refractivity contribution in [3.63, 3.8) is 0 Å². The number of urea groups is 1. The standard InChI is InChI=1S/C17H21N3O2S/c21-10-2-1-9-20(15-6-7-15)17(22)19-14-5-3-4-13(12-14)16-18-8-11-23-16/h3-5,8,11-12,15,21H,1-2,6-7,9-10H2,(H,19,22). The van der Waals surface area contributed by atoms with Gasteiger partial charge in [0.05, 0.1) is 0 Å². The van der Waals surface area contributed by atoms with Crippen LogP contribution in [0.4, 0.5) is 10.5 Å². The number of carbonyl (C=O) groups is 1. The summed E-state index contributed by atoms with van der Waals surface area (Å²) in [6.45, 7) is 0.874. The summed E-state index contributed by atoms with van der Waals surface area (Å²) in [4.78, 5) is 18.7. The molecule has 2 aromatic rings. The van der Waals surface area contributed by atoms with Crippen LogP contribution >= 0.6 is 11.3 Å². The molecule has 1 fully saturated rings. The number of thiazole rings is 1. The lowest BCUT2D eigenvalue weighted by molar-refractivity contribution is 0.204. The first-order valence-electron chi connectivity index (χ1n) is 7.96. The Bertz CT molecular complexity index is 641. The van der Waals surface area contributed by atoms with Crippen LogP contribution in [0.2, 0.25) is 0 Å². The molecule has 23 heavy (non-hydrogen) atoms. The first kappa shape index (κ1) is 16.0. The Morgan fingerprint density at radius 1 is 1.39 bits per heavy atom. The normalized spacial score (nSPS) is 13.8. The van der Waals surface area contributed by atoms with Gasteiger partial charge in [0.15, 0.2) is 0 Å². The monoisotopic (exact) mass is 331 g/mol. The number of amides is 2. The van der Waals surface area contributed by atoms with Crippen LogP contribution in [0.1, 0.15) is 25.7 Å². The molecule has 1 heterocycles. The number of carbonyl (C=O) groups excluding carboxylic acids is 1. The van der Waals surface area contributed by atoms with Gasteiger partial charge in [0.2, 0.25) is 0 Å². The Hall–Kier alpha value is -1.92. The van der Waals surface area contributed by atoms with Crippen molar-refractivity contribution >= 4 is 23.1 Å². The zero-order valence-electron chi connectivity index (χ0n) is 12.9. The third-order valence-electron chi connectivity index (χ3n) is 3.85. The second-order valence-corrected chi connectivity index (χ2v) is 6.60. The predicted molar refractivity (Wildman–Crippen MR) is 92.6 cm³/mol. The van der Waals surface area contributed by atoms with Crippen LogP contribution in [0.3, 0.4) is 0 Å². The molecule has 1 aromatic carbocycles. The minimum Gasteiger partial charge on any atom is -0.396 e. The molecule has 0 radical (unpaired) electrons. The lowest BCUT2D eigenvalue weighted by atomic mass is 10.2. The first-order chi connectivity index (χ1) is 11.3. The molecule has 0 bridgehead atoms. The summed E-state index contributed by atoms with van der Waals surface area (Å²) in [7, 11) is 0. The van der Waals surface area contributed by atoms with Crippen molar-refractivity contribution in [2.75, 3.05) is 18.5 Å². The van der Waals surface area contributed by atoms with Crippen LogP contribution in [0.15, 0.2) is 35.8 Å². The average molecular weight is 331 g/mol. The lowest BCUT2D eigenvalue weighted by Gasteiger charge is -2.23. The van der Waals surface area contributed by atoms with E-state index in [0.717, 1.165) is 41.9 Å². The maximum absolute atomic E-state index is 12.5. The Balaban J connectivity index is 1.65. The van der Waals surface area contributed by atoms with Gasteiger partial charge >= 0.3 is 6.03 Å². The first-order valence-corrected chi connectivity index (χ1v) is 8.84. The summed E-state index contributed by atoms with van der Waals surface area (Å²) in [5.41, 5.74) is 1.80. The van der Waals surface area contributed by atoms with Gasteiger partial charge in [-0.2, -0.15) is 0 Å². The minimum atomic E-state index is -0.0540. The van der Waals surface area contributed by atoms with E-state index in [4.69, 9.17) is 5.11 Å².